The van der Waals surface area contributed by atoms with Crippen LogP contribution in [0.5, 0.6) is 0 Å². The quantitative estimate of drug-likeness (QED) is 0.740. The number of hydrogen-bond acceptors (Lipinski definition) is 5. The van der Waals surface area contributed by atoms with Crippen molar-refractivity contribution in [3.05, 3.63) is 41.6 Å². The summed E-state index contributed by atoms with van der Waals surface area (Å²) in [5.74, 6) is 0.843. The first kappa shape index (κ1) is 13.4. The number of rotatable bonds is 3. The maximum Gasteiger partial charge on any atom is 0.280 e. The Morgan fingerprint density at radius 1 is 1.19 bits per heavy atom. The summed E-state index contributed by atoms with van der Waals surface area (Å²) < 4.78 is 19.8. The van der Waals surface area contributed by atoms with E-state index in [0.29, 0.717) is 17.4 Å². The molecule has 0 unspecified atom stereocenters. The van der Waals surface area contributed by atoms with Gasteiger partial charge in [0, 0.05) is 5.92 Å². The van der Waals surface area contributed by atoms with E-state index in [2.05, 4.69) is 20.5 Å². The predicted molar refractivity (Wildman–Crippen MR) is 73.4 cm³/mol. The number of nitrogens with zero attached hydrogens (tertiary/aromatic N) is 5. The zero-order valence-electron chi connectivity index (χ0n) is 11.9. The predicted octanol–water partition coefficient (Wildman–Crippen LogP) is 2.89. The van der Waals surface area contributed by atoms with Gasteiger partial charge in [0.15, 0.2) is 11.5 Å². The van der Waals surface area contributed by atoms with Crippen LogP contribution in [-0.2, 0) is 0 Å². The van der Waals surface area contributed by atoms with Gasteiger partial charge in [-0.15, -0.1) is 5.10 Å². The molecule has 0 amide bonds. The Labute approximate surface area is 120 Å². The van der Waals surface area contributed by atoms with Gasteiger partial charge in [-0.2, -0.15) is 4.98 Å². The average Bonchev–Trinajstić information content (AvgIpc) is 3.06. The fourth-order valence-corrected chi connectivity index (χ4v) is 1.92. The lowest BCUT2D eigenvalue weighted by atomic mass is 10.2. The Morgan fingerprint density at radius 2 is 1.90 bits per heavy atom. The van der Waals surface area contributed by atoms with Crippen molar-refractivity contribution in [1.29, 1.82) is 0 Å². The molecule has 1 aromatic carbocycles. The largest absolute Gasteiger partial charge is 0.332 e. The first-order chi connectivity index (χ1) is 10.1. The topological polar surface area (TPSA) is 69.6 Å². The zero-order valence-corrected chi connectivity index (χ0v) is 11.9. The fourth-order valence-electron chi connectivity index (χ4n) is 1.92. The van der Waals surface area contributed by atoms with Gasteiger partial charge in [0.2, 0.25) is 0 Å². The summed E-state index contributed by atoms with van der Waals surface area (Å²) in [5.41, 5.74) is 2.00. The maximum atomic E-state index is 13.0. The second-order valence-corrected chi connectivity index (χ2v) is 5.02. The standard InChI is InChI=1S/C14H14FN5O/c1-8(2)13-16-14(21-18-13)12-9(3)20(19-17-12)11-6-4-10(15)5-7-11/h4-8H,1-3H3. The zero-order chi connectivity index (χ0) is 15.0. The maximum absolute atomic E-state index is 13.0. The van der Waals surface area contributed by atoms with E-state index in [0.717, 1.165) is 11.4 Å². The van der Waals surface area contributed by atoms with E-state index < -0.39 is 0 Å². The van der Waals surface area contributed by atoms with Crippen LogP contribution >= 0.6 is 0 Å². The van der Waals surface area contributed by atoms with Crippen molar-refractivity contribution in [3.8, 4) is 17.3 Å². The van der Waals surface area contributed by atoms with Crippen LogP contribution in [0, 0.1) is 12.7 Å². The Balaban J connectivity index is 2.00. The first-order valence-corrected chi connectivity index (χ1v) is 6.58. The molecule has 2 heterocycles. The fraction of sp³-hybridized carbons (Fsp3) is 0.286. The molecule has 0 aliphatic carbocycles. The van der Waals surface area contributed by atoms with Crippen LogP contribution in [-0.4, -0.2) is 25.1 Å². The van der Waals surface area contributed by atoms with Gasteiger partial charge in [-0.3, -0.25) is 0 Å². The minimum Gasteiger partial charge on any atom is -0.332 e. The smallest absolute Gasteiger partial charge is 0.280 e. The highest BCUT2D eigenvalue weighted by molar-refractivity contribution is 5.51. The molecule has 2 aromatic heterocycles. The molecule has 0 radical (unpaired) electrons. The summed E-state index contributed by atoms with van der Waals surface area (Å²) in [4.78, 5) is 4.31. The van der Waals surface area contributed by atoms with Gasteiger partial charge in [-0.1, -0.05) is 24.2 Å². The number of aromatic nitrogens is 5. The lowest BCUT2D eigenvalue weighted by Crippen LogP contribution is -1.99. The van der Waals surface area contributed by atoms with E-state index in [-0.39, 0.29) is 11.7 Å². The third kappa shape index (κ3) is 2.42. The van der Waals surface area contributed by atoms with Gasteiger partial charge in [-0.25, -0.2) is 9.07 Å². The van der Waals surface area contributed by atoms with Crippen molar-refractivity contribution in [2.24, 2.45) is 0 Å². The second kappa shape index (κ2) is 5.08. The summed E-state index contributed by atoms with van der Waals surface area (Å²) in [6, 6.07) is 6.02. The molecule has 7 heteroatoms. The van der Waals surface area contributed by atoms with Crippen LogP contribution in [0.25, 0.3) is 17.3 Å². The van der Waals surface area contributed by atoms with Crippen molar-refractivity contribution in [2.45, 2.75) is 26.7 Å². The molecular formula is C14H14FN5O. The SMILES string of the molecule is Cc1c(-c2nc(C(C)C)no2)nnn1-c1ccc(F)cc1. The lowest BCUT2D eigenvalue weighted by Gasteiger charge is -2.02. The highest BCUT2D eigenvalue weighted by Crippen LogP contribution is 2.22. The summed E-state index contributed by atoms with van der Waals surface area (Å²) in [5, 5.41) is 12.1. The van der Waals surface area contributed by atoms with Crippen molar-refractivity contribution in [2.75, 3.05) is 0 Å². The van der Waals surface area contributed by atoms with Gasteiger partial charge in [-0.05, 0) is 31.2 Å². The average molecular weight is 287 g/mol. The van der Waals surface area contributed by atoms with Crippen molar-refractivity contribution < 1.29 is 8.91 Å². The Kier molecular flexibility index (Phi) is 3.25. The number of benzene rings is 1. The van der Waals surface area contributed by atoms with Crippen molar-refractivity contribution in [3.63, 3.8) is 0 Å². The third-order valence-electron chi connectivity index (χ3n) is 3.13. The molecule has 3 rings (SSSR count). The monoisotopic (exact) mass is 287 g/mol. The van der Waals surface area contributed by atoms with Crippen LogP contribution in [0.15, 0.2) is 28.8 Å². The molecule has 0 aliphatic heterocycles. The Morgan fingerprint density at radius 3 is 2.52 bits per heavy atom. The van der Waals surface area contributed by atoms with Crippen LogP contribution in [0.2, 0.25) is 0 Å². The van der Waals surface area contributed by atoms with E-state index in [9.17, 15) is 4.39 Å². The van der Waals surface area contributed by atoms with Gasteiger partial charge in [0.25, 0.3) is 5.89 Å². The van der Waals surface area contributed by atoms with Crippen LogP contribution < -0.4 is 0 Å². The summed E-state index contributed by atoms with van der Waals surface area (Å²) in [6.07, 6.45) is 0. The molecule has 0 saturated carbocycles. The first-order valence-electron chi connectivity index (χ1n) is 6.58. The van der Waals surface area contributed by atoms with Gasteiger partial charge in [0.1, 0.15) is 5.82 Å². The van der Waals surface area contributed by atoms with Crippen LogP contribution in [0.1, 0.15) is 31.3 Å². The normalized spacial score (nSPS) is 11.3. The molecule has 6 nitrogen and oxygen atoms in total. The van der Waals surface area contributed by atoms with Gasteiger partial charge < -0.3 is 4.52 Å². The number of hydrogen-bond donors (Lipinski definition) is 0. The highest BCUT2D eigenvalue weighted by Gasteiger charge is 2.19. The minimum absolute atomic E-state index is 0.176. The Hall–Kier alpha value is -2.57. The summed E-state index contributed by atoms with van der Waals surface area (Å²) in [6.45, 7) is 5.81. The molecule has 0 aliphatic rings. The molecule has 0 saturated heterocycles. The van der Waals surface area contributed by atoms with Crippen LogP contribution in [0.3, 0.4) is 0 Å². The molecule has 0 fully saturated rings. The number of halogens is 1. The second-order valence-electron chi connectivity index (χ2n) is 5.02. The van der Waals surface area contributed by atoms with E-state index in [1.54, 1.807) is 16.8 Å². The summed E-state index contributed by atoms with van der Waals surface area (Å²) >= 11 is 0. The molecule has 3 aromatic rings. The van der Waals surface area contributed by atoms with Crippen LogP contribution in [0.4, 0.5) is 4.39 Å². The highest BCUT2D eigenvalue weighted by atomic mass is 19.1. The van der Waals surface area contributed by atoms with Gasteiger partial charge >= 0.3 is 0 Å². The third-order valence-corrected chi connectivity index (χ3v) is 3.13. The molecule has 108 valence electrons. The molecular weight excluding hydrogens is 273 g/mol. The molecule has 0 spiro atoms. The van der Waals surface area contributed by atoms with E-state index in [4.69, 9.17) is 4.52 Å². The van der Waals surface area contributed by atoms with E-state index >= 15 is 0 Å². The van der Waals surface area contributed by atoms with Gasteiger partial charge in [0.05, 0.1) is 11.4 Å². The Bertz CT molecular complexity index is 760. The van der Waals surface area contributed by atoms with E-state index in [1.165, 1.54) is 12.1 Å². The van der Waals surface area contributed by atoms with Crippen molar-refractivity contribution >= 4 is 0 Å². The lowest BCUT2D eigenvalue weighted by molar-refractivity contribution is 0.418. The molecule has 0 N–H and O–H groups in total. The molecule has 0 atom stereocenters. The summed E-state index contributed by atoms with van der Waals surface area (Å²) in [7, 11) is 0. The minimum atomic E-state index is -0.296. The molecule has 21 heavy (non-hydrogen) atoms. The van der Waals surface area contributed by atoms with Crippen molar-refractivity contribution in [1.82, 2.24) is 25.1 Å². The molecule has 0 bridgehead atoms. The van der Waals surface area contributed by atoms with E-state index in [1.807, 2.05) is 20.8 Å².